The largest absolute Gasteiger partial charge is 0.468 e. The molecule has 0 aliphatic carbocycles. The predicted octanol–water partition coefficient (Wildman–Crippen LogP) is 1.39. The van der Waals surface area contributed by atoms with Gasteiger partial charge in [0, 0.05) is 18.8 Å². The Balaban J connectivity index is 2.57. The Labute approximate surface area is 116 Å². The molecule has 0 aliphatic heterocycles. The molecular weight excluding hydrogens is 266 g/mol. The van der Waals surface area contributed by atoms with Gasteiger partial charge in [0.15, 0.2) is 5.13 Å². The molecule has 7 heteroatoms. The predicted molar refractivity (Wildman–Crippen MR) is 73.9 cm³/mol. The van der Waals surface area contributed by atoms with Crippen molar-refractivity contribution >= 4 is 28.3 Å². The summed E-state index contributed by atoms with van der Waals surface area (Å²) in [5.74, 6) is -0.309. The molecule has 6 nitrogen and oxygen atoms in total. The molecule has 0 radical (unpaired) electrons. The fourth-order valence-corrected chi connectivity index (χ4v) is 2.29. The Kier molecular flexibility index (Phi) is 5.91. The third kappa shape index (κ3) is 4.96. The van der Waals surface area contributed by atoms with Gasteiger partial charge in [0.1, 0.15) is 6.04 Å². The van der Waals surface area contributed by atoms with Gasteiger partial charge in [0.25, 0.3) is 0 Å². The molecule has 1 aromatic heterocycles. The van der Waals surface area contributed by atoms with E-state index < -0.39 is 0 Å². The average molecular weight is 285 g/mol. The summed E-state index contributed by atoms with van der Waals surface area (Å²) >= 11 is 1.35. The number of methoxy groups -OCH3 is 1. The van der Waals surface area contributed by atoms with Crippen molar-refractivity contribution in [3.8, 4) is 0 Å². The van der Waals surface area contributed by atoms with Crippen molar-refractivity contribution in [2.24, 2.45) is 5.92 Å². The standard InChI is InChI=1S/C12H19N3O3S/c1-7(2)10(11(17)18-4)13-5-9-6-19-12(15-9)14-8(3)16/h6-7,10,13H,5H2,1-4H3,(H,14,15,16). The zero-order chi connectivity index (χ0) is 14.4. The number of hydrogen-bond donors (Lipinski definition) is 2. The molecule has 1 unspecified atom stereocenters. The first-order valence-electron chi connectivity index (χ1n) is 5.97. The summed E-state index contributed by atoms with van der Waals surface area (Å²) in [5.41, 5.74) is 0.781. The van der Waals surface area contributed by atoms with Crippen molar-refractivity contribution in [1.82, 2.24) is 10.3 Å². The number of carbonyl (C=O) groups is 2. The van der Waals surface area contributed by atoms with Crippen molar-refractivity contribution in [2.45, 2.75) is 33.4 Å². The second kappa shape index (κ2) is 7.20. The van der Waals surface area contributed by atoms with E-state index in [1.807, 2.05) is 19.2 Å². The van der Waals surface area contributed by atoms with Crippen molar-refractivity contribution in [2.75, 3.05) is 12.4 Å². The van der Waals surface area contributed by atoms with E-state index in [1.54, 1.807) is 0 Å². The normalized spacial score (nSPS) is 12.3. The second-order valence-corrected chi connectivity index (χ2v) is 5.31. The number of carbonyl (C=O) groups excluding carboxylic acids is 2. The minimum absolute atomic E-state index is 0.126. The molecule has 0 spiro atoms. The van der Waals surface area contributed by atoms with E-state index in [9.17, 15) is 9.59 Å². The van der Waals surface area contributed by atoms with Gasteiger partial charge in [0.2, 0.25) is 5.91 Å². The minimum Gasteiger partial charge on any atom is -0.468 e. The van der Waals surface area contributed by atoms with Crippen LogP contribution in [0.4, 0.5) is 5.13 Å². The molecule has 0 fully saturated rings. The highest BCUT2D eigenvalue weighted by molar-refractivity contribution is 7.13. The molecule has 0 saturated heterocycles. The number of ether oxygens (including phenoxy) is 1. The number of nitrogens with one attached hydrogen (secondary N) is 2. The van der Waals surface area contributed by atoms with Crippen LogP contribution in [0.5, 0.6) is 0 Å². The van der Waals surface area contributed by atoms with Gasteiger partial charge in [0.05, 0.1) is 12.8 Å². The third-order valence-electron chi connectivity index (χ3n) is 2.46. The van der Waals surface area contributed by atoms with E-state index in [1.165, 1.54) is 25.4 Å². The molecule has 1 rings (SSSR count). The lowest BCUT2D eigenvalue weighted by Gasteiger charge is -2.19. The second-order valence-electron chi connectivity index (χ2n) is 4.45. The van der Waals surface area contributed by atoms with Crippen LogP contribution in [-0.2, 0) is 20.9 Å². The molecule has 0 aromatic carbocycles. The number of rotatable bonds is 6. The van der Waals surface area contributed by atoms with Gasteiger partial charge in [-0.2, -0.15) is 0 Å². The number of aromatic nitrogens is 1. The lowest BCUT2D eigenvalue weighted by atomic mass is 10.0. The van der Waals surface area contributed by atoms with Gasteiger partial charge in [-0.05, 0) is 5.92 Å². The minimum atomic E-state index is -0.365. The highest BCUT2D eigenvalue weighted by Gasteiger charge is 2.22. The SMILES string of the molecule is COC(=O)C(NCc1csc(NC(C)=O)n1)C(C)C. The van der Waals surface area contributed by atoms with E-state index in [0.29, 0.717) is 11.7 Å². The van der Waals surface area contributed by atoms with Gasteiger partial charge >= 0.3 is 5.97 Å². The van der Waals surface area contributed by atoms with E-state index in [-0.39, 0.29) is 23.8 Å². The van der Waals surface area contributed by atoms with Gasteiger partial charge in [-0.3, -0.25) is 14.9 Å². The molecule has 0 saturated carbocycles. The fraction of sp³-hybridized carbons (Fsp3) is 0.583. The first-order chi connectivity index (χ1) is 8.93. The number of esters is 1. The highest BCUT2D eigenvalue weighted by Crippen LogP contribution is 2.15. The summed E-state index contributed by atoms with van der Waals surface area (Å²) < 4.78 is 4.74. The molecule has 19 heavy (non-hydrogen) atoms. The lowest BCUT2D eigenvalue weighted by molar-refractivity contribution is -0.144. The summed E-state index contributed by atoms with van der Waals surface area (Å²) in [6.07, 6.45) is 0. The molecular formula is C12H19N3O3S. The zero-order valence-corrected chi connectivity index (χ0v) is 12.3. The van der Waals surface area contributed by atoms with Crippen LogP contribution in [0.2, 0.25) is 0 Å². The van der Waals surface area contributed by atoms with Crippen LogP contribution < -0.4 is 10.6 Å². The summed E-state index contributed by atoms with van der Waals surface area (Å²) in [6.45, 7) is 5.77. The van der Waals surface area contributed by atoms with Crippen LogP contribution in [0.3, 0.4) is 0 Å². The van der Waals surface area contributed by atoms with Crippen LogP contribution in [0, 0.1) is 5.92 Å². The fourth-order valence-electron chi connectivity index (χ4n) is 1.53. The summed E-state index contributed by atoms with van der Waals surface area (Å²) in [6, 6.07) is -0.365. The number of hydrogen-bond acceptors (Lipinski definition) is 6. The van der Waals surface area contributed by atoms with Crippen molar-refractivity contribution in [3.63, 3.8) is 0 Å². The molecule has 0 aliphatic rings. The summed E-state index contributed by atoms with van der Waals surface area (Å²) in [7, 11) is 1.37. The van der Waals surface area contributed by atoms with Crippen molar-refractivity contribution < 1.29 is 14.3 Å². The molecule has 1 aromatic rings. The van der Waals surface area contributed by atoms with Crippen LogP contribution in [0.1, 0.15) is 26.5 Å². The lowest BCUT2D eigenvalue weighted by Crippen LogP contribution is -2.41. The van der Waals surface area contributed by atoms with Crippen LogP contribution in [-0.4, -0.2) is 30.0 Å². The Bertz CT molecular complexity index is 445. The first kappa shape index (κ1) is 15.6. The Hall–Kier alpha value is -1.47. The van der Waals surface area contributed by atoms with Crippen molar-refractivity contribution in [1.29, 1.82) is 0 Å². The molecule has 2 N–H and O–H groups in total. The number of thiazole rings is 1. The topological polar surface area (TPSA) is 80.3 Å². The van der Waals surface area contributed by atoms with E-state index in [0.717, 1.165) is 5.69 Å². The Morgan fingerprint density at radius 3 is 2.68 bits per heavy atom. The number of anilines is 1. The average Bonchev–Trinajstić information content (AvgIpc) is 2.75. The molecule has 1 heterocycles. The van der Waals surface area contributed by atoms with Gasteiger partial charge in [-0.25, -0.2) is 4.98 Å². The quantitative estimate of drug-likeness (QED) is 0.772. The van der Waals surface area contributed by atoms with Gasteiger partial charge in [-0.1, -0.05) is 13.8 Å². The van der Waals surface area contributed by atoms with E-state index >= 15 is 0 Å². The van der Waals surface area contributed by atoms with Crippen LogP contribution in [0.15, 0.2) is 5.38 Å². The maximum Gasteiger partial charge on any atom is 0.323 e. The first-order valence-corrected chi connectivity index (χ1v) is 6.85. The third-order valence-corrected chi connectivity index (χ3v) is 3.27. The summed E-state index contributed by atoms with van der Waals surface area (Å²) in [5, 5.41) is 8.13. The molecule has 1 amide bonds. The molecule has 0 bridgehead atoms. The Morgan fingerprint density at radius 2 is 2.16 bits per heavy atom. The number of nitrogens with zero attached hydrogens (tertiary/aromatic N) is 1. The Morgan fingerprint density at radius 1 is 1.47 bits per heavy atom. The maximum absolute atomic E-state index is 11.6. The molecule has 106 valence electrons. The number of amides is 1. The highest BCUT2D eigenvalue weighted by atomic mass is 32.1. The zero-order valence-electron chi connectivity index (χ0n) is 11.5. The van der Waals surface area contributed by atoms with Gasteiger partial charge < -0.3 is 10.1 Å². The summed E-state index contributed by atoms with van der Waals surface area (Å²) in [4.78, 5) is 26.7. The monoisotopic (exact) mass is 285 g/mol. The van der Waals surface area contributed by atoms with Crippen LogP contribution in [0.25, 0.3) is 0 Å². The van der Waals surface area contributed by atoms with Crippen molar-refractivity contribution in [3.05, 3.63) is 11.1 Å². The molecule has 1 atom stereocenters. The smallest absolute Gasteiger partial charge is 0.323 e. The van der Waals surface area contributed by atoms with Crippen LogP contribution >= 0.6 is 11.3 Å². The van der Waals surface area contributed by atoms with Gasteiger partial charge in [-0.15, -0.1) is 11.3 Å². The van der Waals surface area contributed by atoms with E-state index in [4.69, 9.17) is 4.74 Å². The maximum atomic E-state index is 11.6. The van der Waals surface area contributed by atoms with E-state index in [2.05, 4.69) is 15.6 Å².